The predicted octanol–water partition coefficient (Wildman–Crippen LogP) is 4.71. The normalized spacial score (nSPS) is 11.3. The molecule has 0 unspecified atom stereocenters. The van der Waals surface area contributed by atoms with Crippen molar-refractivity contribution in [3.8, 4) is 11.1 Å². The lowest BCUT2D eigenvalue weighted by Gasteiger charge is -2.12. The number of carbonyl (C=O) groups excluding carboxylic acids is 1. The van der Waals surface area contributed by atoms with Gasteiger partial charge in [0.1, 0.15) is 5.84 Å². The van der Waals surface area contributed by atoms with E-state index in [1.54, 1.807) is 36.6 Å². The van der Waals surface area contributed by atoms with Gasteiger partial charge in [-0.15, -0.1) is 23.1 Å². The number of carboxylic acids is 1. The number of benzene rings is 2. The van der Waals surface area contributed by atoms with Gasteiger partial charge in [-0.3, -0.25) is 15.0 Å². The zero-order valence-corrected chi connectivity index (χ0v) is 22.8. The number of hydrogen-bond donors (Lipinski definition) is 4. The molecule has 190 valence electrons. The number of anilines is 1. The lowest BCUT2D eigenvalue weighted by atomic mass is 10.00. The van der Waals surface area contributed by atoms with Crippen LogP contribution in [0.25, 0.3) is 11.1 Å². The molecule has 0 radical (unpaired) electrons. The molecule has 1 heterocycles. The van der Waals surface area contributed by atoms with Crippen molar-refractivity contribution in [1.29, 1.82) is 5.41 Å². The van der Waals surface area contributed by atoms with Crippen LogP contribution in [0.5, 0.6) is 0 Å². The Balaban J connectivity index is 1.82. The van der Waals surface area contributed by atoms with E-state index in [0.717, 1.165) is 11.1 Å². The van der Waals surface area contributed by atoms with Crippen LogP contribution < -0.4 is 11.1 Å². The fraction of sp³-hybridized carbons (Fsp3) is 0.208. The summed E-state index contributed by atoms with van der Waals surface area (Å²) in [6.45, 7) is 1.87. The van der Waals surface area contributed by atoms with Crippen LogP contribution in [0.15, 0.2) is 62.5 Å². The number of carbonyl (C=O) groups is 2. The number of thioether (sulfide) groups is 2. The Labute approximate surface area is 222 Å². The van der Waals surface area contributed by atoms with E-state index < -0.39 is 15.8 Å². The highest BCUT2D eigenvalue weighted by Crippen LogP contribution is 2.38. The number of nitrogens with two attached hydrogens (primary N) is 1. The number of amides is 1. The van der Waals surface area contributed by atoms with Crippen molar-refractivity contribution in [3.63, 3.8) is 0 Å². The van der Waals surface area contributed by atoms with Gasteiger partial charge in [0.2, 0.25) is 15.7 Å². The molecule has 0 bridgehead atoms. The number of sulfone groups is 1. The van der Waals surface area contributed by atoms with Gasteiger partial charge in [0.15, 0.2) is 0 Å². The van der Waals surface area contributed by atoms with E-state index in [0.29, 0.717) is 26.1 Å². The third kappa shape index (κ3) is 6.69. The lowest BCUT2D eigenvalue weighted by Crippen LogP contribution is -2.14. The molecule has 2 aromatic carbocycles. The van der Waals surface area contributed by atoms with E-state index in [1.165, 1.54) is 40.9 Å². The van der Waals surface area contributed by atoms with E-state index >= 15 is 0 Å². The van der Waals surface area contributed by atoms with Crippen LogP contribution in [0.1, 0.15) is 16.9 Å². The zero-order chi connectivity index (χ0) is 26.5. The molecule has 0 aliphatic carbocycles. The molecule has 0 aliphatic heterocycles. The maximum Gasteiger partial charge on any atom is 0.304 e. The highest BCUT2D eigenvalue weighted by atomic mass is 32.2. The highest BCUT2D eigenvalue weighted by Gasteiger charge is 2.25. The number of aryl methyl sites for hydroxylation is 1. The second kappa shape index (κ2) is 12.0. The number of thiophene rings is 1. The van der Waals surface area contributed by atoms with Crippen LogP contribution in [0.2, 0.25) is 0 Å². The molecule has 0 saturated carbocycles. The van der Waals surface area contributed by atoms with Crippen LogP contribution in [0, 0.1) is 12.3 Å². The molecule has 1 aromatic heterocycles. The van der Waals surface area contributed by atoms with Gasteiger partial charge in [-0.05, 0) is 60.2 Å². The van der Waals surface area contributed by atoms with Gasteiger partial charge >= 0.3 is 5.97 Å². The molecule has 12 heteroatoms. The summed E-state index contributed by atoms with van der Waals surface area (Å²) in [6.07, 6.45) is 1.78. The fourth-order valence-electron chi connectivity index (χ4n) is 3.36. The van der Waals surface area contributed by atoms with Gasteiger partial charge in [-0.25, -0.2) is 8.42 Å². The van der Waals surface area contributed by atoms with Crippen molar-refractivity contribution in [1.82, 2.24) is 0 Å². The molecule has 5 N–H and O–H groups in total. The predicted molar refractivity (Wildman–Crippen MR) is 147 cm³/mol. The summed E-state index contributed by atoms with van der Waals surface area (Å²) in [6, 6.07) is 13.5. The molecule has 1 amide bonds. The number of amidine groups is 1. The Morgan fingerprint density at radius 1 is 1.17 bits per heavy atom. The maximum atomic E-state index is 13.4. The number of hydrogen-bond acceptors (Lipinski definition) is 8. The SMILES string of the molecule is CSc1sc(C(=N)N)cc1S(=O)(=O)c1cccc(-c2ccc(NC(=O)CSCCC(=O)O)cc2C)c1. The zero-order valence-electron chi connectivity index (χ0n) is 19.5. The van der Waals surface area contributed by atoms with E-state index in [4.69, 9.17) is 16.2 Å². The van der Waals surface area contributed by atoms with Crippen LogP contribution in [-0.4, -0.2) is 49.0 Å². The lowest BCUT2D eigenvalue weighted by molar-refractivity contribution is -0.136. The smallest absolute Gasteiger partial charge is 0.304 e. The van der Waals surface area contributed by atoms with E-state index in [-0.39, 0.29) is 33.7 Å². The minimum absolute atomic E-state index is 0.00340. The Bertz CT molecular complexity index is 1420. The molecular weight excluding hydrogens is 539 g/mol. The first kappa shape index (κ1) is 27.8. The standard InChI is InChI=1S/C24H25N3O5S4/c1-14-10-16(27-21(28)13-34-9-8-22(29)30)6-7-18(14)15-4-3-5-17(11-15)36(31,32)20-12-19(23(25)26)35-24(20)33-2/h3-7,10-12H,8-9,13H2,1-2H3,(H3,25,26)(H,27,28)(H,29,30). The summed E-state index contributed by atoms with van der Waals surface area (Å²) in [5, 5.41) is 19.1. The summed E-state index contributed by atoms with van der Waals surface area (Å²) in [5.41, 5.74) is 8.55. The number of rotatable bonds is 11. The number of aliphatic carboxylic acids is 1. The van der Waals surface area contributed by atoms with Crippen LogP contribution in [0.3, 0.4) is 0 Å². The molecular formula is C24H25N3O5S4. The molecule has 0 fully saturated rings. The highest BCUT2D eigenvalue weighted by molar-refractivity contribution is 8.01. The number of nitrogens with one attached hydrogen (secondary N) is 2. The van der Waals surface area contributed by atoms with Crippen molar-refractivity contribution in [2.24, 2.45) is 5.73 Å². The Morgan fingerprint density at radius 3 is 2.56 bits per heavy atom. The molecule has 8 nitrogen and oxygen atoms in total. The van der Waals surface area contributed by atoms with Crippen LogP contribution >= 0.6 is 34.9 Å². The summed E-state index contributed by atoms with van der Waals surface area (Å²) < 4.78 is 27.4. The Hall–Kier alpha value is -2.80. The summed E-state index contributed by atoms with van der Waals surface area (Å²) in [5.74, 6) is -0.783. The van der Waals surface area contributed by atoms with Crippen molar-refractivity contribution in [3.05, 3.63) is 59.0 Å². The van der Waals surface area contributed by atoms with Crippen molar-refractivity contribution < 1.29 is 23.1 Å². The van der Waals surface area contributed by atoms with Crippen molar-refractivity contribution in [2.45, 2.75) is 27.3 Å². The van der Waals surface area contributed by atoms with Crippen molar-refractivity contribution >= 4 is 68.1 Å². The molecule has 0 saturated heterocycles. The Kier molecular flexibility index (Phi) is 9.23. The third-order valence-corrected chi connectivity index (χ3v) is 10.4. The largest absolute Gasteiger partial charge is 0.481 e. The van der Waals surface area contributed by atoms with Crippen LogP contribution in [-0.2, 0) is 19.4 Å². The maximum absolute atomic E-state index is 13.4. The van der Waals surface area contributed by atoms with Gasteiger partial charge < -0.3 is 16.2 Å². The molecule has 0 atom stereocenters. The minimum atomic E-state index is -3.84. The first-order valence-electron chi connectivity index (χ1n) is 10.6. The first-order chi connectivity index (χ1) is 17.0. The van der Waals surface area contributed by atoms with Gasteiger partial charge in [0.05, 0.1) is 31.1 Å². The second-order valence-electron chi connectivity index (χ2n) is 7.69. The van der Waals surface area contributed by atoms with Gasteiger partial charge in [0, 0.05) is 11.4 Å². The number of nitrogen functional groups attached to an aromatic ring is 1. The summed E-state index contributed by atoms with van der Waals surface area (Å²) >= 11 is 3.73. The molecule has 0 aliphatic rings. The topological polar surface area (TPSA) is 150 Å². The average molecular weight is 564 g/mol. The van der Waals surface area contributed by atoms with Crippen molar-refractivity contribution in [2.75, 3.05) is 23.1 Å². The fourth-order valence-corrected chi connectivity index (χ4v) is 7.99. The third-order valence-electron chi connectivity index (χ3n) is 5.07. The molecule has 3 aromatic rings. The minimum Gasteiger partial charge on any atom is -0.481 e. The first-order valence-corrected chi connectivity index (χ1v) is 15.3. The quantitative estimate of drug-likeness (QED) is 0.113. The van der Waals surface area contributed by atoms with Gasteiger partial charge in [0.25, 0.3) is 0 Å². The van der Waals surface area contributed by atoms with Gasteiger partial charge in [-0.2, -0.15) is 11.8 Å². The monoisotopic (exact) mass is 563 g/mol. The number of carboxylic acid groups (broad SMARTS) is 1. The average Bonchev–Trinajstić information content (AvgIpc) is 3.28. The Morgan fingerprint density at radius 2 is 1.92 bits per heavy atom. The van der Waals surface area contributed by atoms with Gasteiger partial charge in [-0.1, -0.05) is 18.2 Å². The summed E-state index contributed by atoms with van der Waals surface area (Å²) in [7, 11) is -3.84. The second-order valence-corrected chi connectivity index (χ2v) is 12.8. The van der Waals surface area contributed by atoms with E-state index in [2.05, 4.69) is 5.32 Å². The van der Waals surface area contributed by atoms with Crippen LogP contribution in [0.4, 0.5) is 5.69 Å². The molecule has 36 heavy (non-hydrogen) atoms. The molecule has 0 spiro atoms. The van der Waals surface area contributed by atoms with E-state index in [9.17, 15) is 18.0 Å². The van der Waals surface area contributed by atoms with E-state index in [1.807, 2.05) is 19.1 Å². The molecule has 3 rings (SSSR count). The summed E-state index contributed by atoms with van der Waals surface area (Å²) in [4.78, 5) is 23.4.